The van der Waals surface area contributed by atoms with Gasteiger partial charge in [-0.15, -0.1) is 0 Å². The van der Waals surface area contributed by atoms with Crippen molar-refractivity contribution in [2.45, 2.75) is 5.60 Å². The Hall–Kier alpha value is -0.590. The molecule has 1 aliphatic heterocycles. The summed E-state index contributed by atoms with van der Waals surface area (Å²) in [6.07, 6.45) is 2.86. The maximum Gasteiger partial charge on any atom is 0.254 e. The molecule has 2 N–H and O–H groups in total. The van der Waals surface area contributed by atoms with E-state index in [1.807, 2.05) is 0 Å². The lowest BCUT2D eigenvalue weighted by atomic mass is 10.1. The molecule has 6 heteroatoms. The molecule has 94 valence electrons. The maximum atomic E-state index is 11.7. The van der Waals surface area contributed by atoms with Crippen molar-refractivity contribution in [1.29, 1.82) is 0 Å². The largest absolute Gasteiger partial charge is 0.472 e. The van der Waals surface area contributed by atoms with Crippen molar-refractivity contribution >= 4 is 29.4 Å². The van der Waals surface area contributed by atoms with Gasteiger partial charge in [0.1, 0.15) is 6.26 Å². The first-order valence-electron chi connectivity index (χ1n) is 5.38. The van der Waals surface area contributed by atoms with Gasteiger partial charge in [-0.25, -0.2) is 0 Å². The lowest BCUT2D eigenvalue weighted by Gasteiger charge is -2.25. The van der Waals surface area contributed by atoms with Gasteiger partial charge in [-0.1, -0.05) is 0 Å². The monoisotopic (exact) mass is 273 g/mol. The summed E-state index contributed by atoms with van der Waals surface area (Å²) in [4.78, 5) is 11.7. The third kappa shape index (κ3) is 3.69. The Morgan fingerprint density at radius 3 is 2.76 bits per heavy atom. The first kappa shape index (κ1) is 12.9. The normalized spacial score (nSPS) is 19.6. The van der Waals surface area contributed by atoms with Crippen LogP contribution >= 0.6 is 23.5 Å². The molecule has 0 aromatic carbocycles. The molecule has 0 atom stereocenters. The average Bonchev–Trinajstić information content (AvgIpc) is 2.77. The molecule has 2 heterocycles. The number of hydrogen-bond donors (Lipinski definition) is 2. The summed E-state index contributed by atoms with van der Waals surface area (Å²) < 4.78 is 4.84. The minimum absolute atomic E-state index is 0.202. The Balaban J connectivity index is 1.86. The highest BCUT2D eigenvalue weighted by Crippen LogP contribution is 2.24. The van der Waals surface area contributed by atoms with Crippen LogP contribution in [0.15, 0.2) is 23.0 Å². The number of furan rings is 1. The van der Waals surface area contributed by atoms with E-state index in [-0.39, 0.29) is 12.5 Å². The zero-order valence-corrected chi connectivity index (χ0v) is 11.0. The van der Waals surface area contributed by atoms with E-state index in [1.54, 1.807) is 29.6 Å². The lowest BCUT2D eigenvalue weighted by molar-refractivity contribution is 0.0753. The minimum atomic E-state index is -0.800. The van der Waals surface area contributed by atoms with Gasteiger partial charge in [0.25, 0.3) is 5.91 Å². The summed E-state index contributed by atoms with van der Waals surface area (Å²) in [7, 11) is 0. The lowest BCUT2D eigenvalue weighted by Crippen LogP contribution is -2.46. The third-order valence-corrected chi connectivity index (χ3v) is 5.20. The SMILES string of the molecule is O=C(NCC1(O)CSCCSC1)c1ccoc1. The highest BCUT2D eigenvalue weighted by molar-refractivity contribution is 8.03. The van der Waals surface area contributed by atoms with Crippen molar-refractivity contribution in [2.75, 3.05) is 29.6 Å². The third-order valence-electron chi connectivity index (χ3n) is 2.47. The van der Waals surface area contributed by atoms with Gasteiger partial charge in [-0.05, 0) is 6.07 Å². The van der Waals surface area contributed by atoms with E-state index in [0.29, 0.717) is 17.1 Å². The molecule has 2 rings (SSSR count). The van der Waals surface area contributed by atoms with Gasteiger partial charge in [-0.3, -0.25) is 4.79 Å². The molecule has 1 saturated heterocycles. The number of hydrogen-bond acceptors (Lipinski definition) is 5. The zero-order valence-electron chi connectivity index (χ0n) is 9.35. The smallest absolute Gasteiger partial charge is 0.254 e. The average molecular weight is 273 g/mol. The molecule has 0 saturated carbocycles. The summed E-state index contributed by atoms with van der Waals surface area (Å²) in [5, 5.41) is 13.1. The molecule has 0 spiro atoms. The molecule has 1 aromatic heterocycles. The van der Waals surface area contributed by atoms with E-state index in [9.17, 15) is 9.90 Å². The van der Waals surface area contributed by atoms with Crippen LogP contribution in [0.4, 0.5) is 0 Å². The topological polar surface area (TPSA) is 62.5 Å². The summed E-state index contributed by atoms with van der Waals surface area (Å²) >= 11 is 3.46. The van der Waals surface area contributed by atoms with Crippen LogP contribution in [-0.2, 0) is 0 Å². The number of amides is 1. The fourth-order valence-electron chi connectivity index (χ4n) is 1.53. The number of thioether (sulfide) groups is 2. The van der Waals surface area contributed by atoms with Gasteiger partial charge in [0.05, 0.1) is 17.4 Å². The van der Waals surface area contributed by atoms with Crippen molar-refractivity contribution in [2.24, 2.45) is 0 Å². The van der Waals surface area contributed by atoms with Gasteiger partial charge in [-0.2, -0.15) is 23.5 Å². The molecule has 0 bridgehead atoms. The molecule has 1 fully saturated rings. The van der Waals surface area contributed by atoms with Crippen LogP contribution < -0.4 is 5.32 Å². The maximum absolute atomic E-state index is 11.7. The molecule has 1 aromatic rings. The van der Waals surface area contributed by atoms with Gasteiger partial charge < -0.3 is 14.8 Å². The van der Waals surface area contributed by atoms with E-state index in [0.717, 1.165) is 11.5 Å². The molecular weight excluding hydrogens is 258 g/mol. The van der Waals surface area contributed by atoms with Crippen molar-refractivity contribution in [3.8, 4) is 0 Å². The highest BCUT2D eigenvalue weighted by Gasteiger charge is 2.29. The summed E-state index contributed by atoms with van der Waals surface area (Å²) in [6, 6.07) is 1.61. The summed E-state index contributed by atoms with van der Waals surface area (Å²) in [6.45, 7) is 0.289. The number of rotatable bonds is 3. The summed E-state index contributed by atoms with van der Waals surface area (Å²) in [5.41, 5.74) is -0.312. The van der Waals surface area contributed by atoms with Gasteiger partial charge in [0.2, 0.25) is 0 Å². The molecule has 1 amide bonds. The van der Waals surface area contributed by atoms with Crippen molar-refractivity contribution in [3.63, 3.8) is 0 Å². The molecule has 0 unspecified atom stereocenters. The van der Waals surface area contributed by atoms with Crippen LogP contribution in [0.3, 0.4) is 0 Å². The Morgan fingerprint density at radius 2 is 2.18 bits per heavy atom. The standard InChI is InChI=1S/C11H15NO3S2/c13-10(9-1-2-15-5-9)12-6-11(14)7-16-3-4-17-8-11/h1-2,5,14H,3-4,6-8H2,(H,12,13). The highest BCUT2D eigenvalue weighted by atomic mass is 32.2. The van der Waals surface area contributed by atoms with E-state index < -0.39 is 5.60 Å². The molecular formula is C11H15NO3S2. The van der Waals surface area contributed by atoms with Gasteiger partial charge in [0.15, 0.2) is 0 Å². The molecule has 17 heavy (non-hydrogen) atoms. The molecule has 0 radical (unpaired) electrons. The van der Waals surface area contributed by atoms with E-state index >= 15 is 0 Å². The first-order chi connectivity index (χ1) is 8.20. The quantitative estimate of drug-likeness (QED) is 0.867. The second kappa shape index (κ2) is 5.84. The Morgan fingerprint density at radius 1 is 1.47 bits per heavy atom. The van der Waals surface area contributed by atoms with Gasteiger partial charge >= 0.3 is 0 Å². The number of aliphatic hydroxyl groups is 1. The fraction of sp³-hybridized carbons (Fsp3) is 0.545. The van der Waals surface area contributed by atoms with Crippen LogP contribution in [0.1, 0.15) is 10.4 Å². The van der Waals surface area contributed by atoms with E-state index in [4.69, 9.17) is 4.42 Å². The number of carbonyl (C=O) groups is 1. The summed E-state index contributed by atoms with van der Waals surface area (Å²) in [5.74, 6) is 3.26. The number of carbonyl (C=O) groups excluding carboxylic acids is 1. The van der Waals surface area contributed by atoms with Crippen LogP contribution in [-0.4, -0.2) is 46.2 Å². The Labute approximate surface area is 109 Å². The first-order valence-corrected chi connectivity index (χ1v) is 7.69. The molecule has 1 aliphatic rings. The molecule has 0 aliphatic carbocycles. The second-order valence-electron chi connectivity index (χ2n) is 4.02. The molecule has 4 nitrogen and oxygen atoms in total. The fourth-order valence-corrected chi connectivity index (χ4v) is 4.06. The van der Waals surface area contributed by atoms with Crippen molar-refractivity contribution in [3.05, 3.63) is 24.2 Å². The second-order valence-corrected chi connectivity index (χ2v) is 6.23. The minimum Gasteiger partial charge on any atom is -0.472 e. The number of nitrogens with one attached hydrogen (secondary N) is 1. The van der Waals surface area contributed by atoms with Crippen LogP contribution in [0.5, 0.6) is 0 Å². The zero-order chi connectivity index (χ0) is 12.1. The van der Waals surface area contributed by atoms with Crippen LogP contribution in [0, 0.1) is 0 Å². The van der Waals surface area contributed by atoms with E-state index in [2.05, 4.69) is 5.32 Å². The predicted molar refractivity (Wildman–Crippen MR) is 70.6 cm³/mol. The van der Waals surface area contributed by atoms with Gasteiger partial charge in [0, 0.05) is 29.6 Å². The van der Waals surface area contributed by atoms with Crippen LogP contribution in [0.25, 0.3) is 0 Å². The predicted octanol–water partition coefficient (Wildman–Crippen LogP) is 1.22. The van der Waals surface area contributed by atoms with Crippen LogP contribution in [0.2, 0.25) is 0 Å². The van der Waals surface area contributed by atoms with E-state index in [1.165, 1.54) is 12.5 Å². The Kier molecular flexibility index (Phi) is 4.42. The van der Waals surface area contributed by atoms with Crippen molar-refractivity contribution < 1.29 is 14.3 Å². The Bertz CT molecular complexity index is 359. The van der Waals surface area contributed by atoms with Crippen molar-refractivity contribution in [1.82, 2.24) is 5.32 Å².